The molecule has 110 valence electrons. The van der Waals surface area contributed by atoms with E-state index >= 15 is 0 Å². The monoisotopic (exact) mass is 296 g/mol. The molecule has 1 N–H and O–H groups in total. The highest BCUT2D eigenvalue weighted by Gasteiger charge is 2.12. The minimum absolute atomic E-state index is 0.168. The maximum atomic E-state index is 11.0. The summed E-state index contributed by atoms with van der Waals surface area (Å²) in [5, 5.41) is 17.0. The number of hydrogen-bond acceptors (Lipinski definition) is 5. The molecule has 2 aromatic carbocycles. The van der Waals surface area contributed by atoms with Gasteiger partial charge in [-0.25, -0.2) is 4.79 Å². The Balaban J connectivity index is 1.93. The van der Waals surface area contributed by atoms with Crippen molar-refractivity contribution in [1.82, 2.24) is 10.2 Å². The summed E-state index contributed by atoms with van der Waals surface area (Å²) in [6.07, 6.45) is 0. The maximum absolute atomic E-state index is 11.0. The summed E-state index contributed by atoms with van der Waals surface area (Å²) >= 11 is 0. The van der Waals surface area contributed by atoms with Gasteiger partial charge >= 0.3 is 5.97 Å². The molecule has 0 unspecified atom stereocenters. The lowest BCUT2D eigenvalue weighted by atomic mass is 10.1. The molecule has 0 fully saturated rings. The normalized spacial score (nSPS) is 10.4. The lowest BCUT2D eigenvalue weighted by Crippen LogP contribution is -1.95. The van der Waals surface area contributed by atoms with E-state index in [4.69, 9.17) is 14.3 Å². The number of hydrogen-bond donors (Lipinski definition) is 1. The Labute approximate surface area is 126 Å². The summed E-state index contributed by atoms with van der Waals surface area (Å²) in [5.41, 5.74) is 1.49. The Hall–Kier alpha value is -3.15. The fraction of sp³-hybridized carbons (Fsp3) is 0.0625. The number of aromatic nitrogens is 2. The number of aromatic carboxylic acids is 1. The van der Waals surface area contributed by atoms with E-state index in [-0.39, 0.29) is 11.5 Å². The minimum atomic E-state index is -1.00. The molecule has 0 amide bonds. The average Bonchev–Trinajstić information content (AvgIpc) is 3.05. The van der Waals surface area contributed by atoms with E-state index in [2.05, 4.69) is 10.2 Å². The van der Waals surface area contributed by atoms with Crippen LogP contribution in [0.25, 0.3) is 22.9 Å². The molecule has 0 aliphatic carbocycles. The van der Waals surface area contributed by atoms with Gasteiger partial charge in [0.25, 0.3) is 0 Å². The predicted molar refractivity (Wildman–Crippen MR) is 78.7 cm³/mol. The first-order chi connectivity index (χ1) is 10.7. The molecule has 0 saturated carbocycles. The van der Waals surface area contributed by atoms with Crippen LogP contribution in [0.5, 0.6) is 5.75 Å². The Kier molecular flexibility index (Phi) is 3.57. The molecule has 1 aromatic heterocycles. The summed E-state index contributed by atoms with van der Waals surface area (Å²) in [7, 11) is 1.59. The summed E-state index contributed by atoms with van der Waals surface area (Å²) < 4.78 is 10.7. The van der Waals surface area contributed by atoms with Crippen LogP contribution in [0.15, 0.2) is 52.9 Å². The second kappa shape index (κ2) is 5.69. The Bertz CT molecular complexity index is 809. The van der Waals surface area contributed by atoms with Crippen LogP contribution in [0.4, 0.5) is 0 Å². The molecule has 22 heavy (non-hydrogen) atoms. The van der Waals surface area contributed by atoms with Crippen LogP contribution < -0.4 is 4.74 Å². The third-order valence-electron chi connectivity index (χ3n) is 3.12. The van der Waals surface area contributed by atoms with Crippen molar-refractivity contribution in [3.8, 4) is 28.7 Å². The molecule has 0 aliphatic rings. The van der Waals surface area contributed by atoms with E-state index in [0.29, 0.717) is 11.5 Å². The van der Waals surface area contributed by atoms with Crippen molar-refractivity contribution >= 4 is 5.97 Å². The Morgan fingerprint density at radius 2 is 1.73 bits per heavy atom. The van der Waals surface area contributed by atoms with Crippen LogP contribution in [0.2, 0.25) is 0 Å². The summed E-state index contributed by atoms with van der Waals surface area (Å²) in [6, 6.07) is 13.6. The lowest BCUT2D eigenvalue weighted by Gasteiger charge is -1.99. The summed E-state index contributed by atoms with van der Waals surface area (Å²) in [5.74, 6) is 0.363. The van der Waals surface area contributed by atoms with Gasteiger partial charge in [0.15, 0.2) is 0 Å². The zero-order valence-electron chi connectivity index (χ0n) is 11.7. The van der Waals surface area contributed by atoms with Gasteiger partial charge in [-0.2, -0.15) is 0 Å². The number of nitrogens with zero attached hydrogens (tertiary/aromatic N) is 2. The standard InChI is InChI=1S/C16H12N2O4/c1-21-13-7-5-10(6-8-13)14-17-18-15(22-14)11-3-2-4-12(9-11)16(19)20/h2-9H,1H3,(H,19,20). The van der Waals surface area contributed by atoms with Crippen molar-refractivity contribution in [1.29, 1.82) is 0 Å². The van der Waals surface area contributed by atoms with E-state index in [9.17, 15) is 4.79 Å². The van der Waals surface area contributed by atoms with Crippen molar-refractivity contribution in [3.05, 3.63) is 54.1 Å². The number of ether oxygens (including phenoxy) is 1. The molecular formula is C16H12N2O4. The first-order valence-corrected chi connectivity index (χ1v) is 6.49. The van der Waals surface area contributed by atoms with Crippen molar-refractivity contribution in [2.45, 2.75) is 0 Å². The fourth-order valence-corrected chi connectivity index (χ4v) is 1.98. The number of benzene rings is 2. The molecule has 0 atom stereocenters. The Morgan fingerprint density at radius 3 is 2.36 bits per heavy atom. The number of methoxy groups -OCH3 is 1. The number of carboxylic acid groups (broad SMARTS) is 1. The zero-order chi connectivity index (χ0) is 15.5. The maximum Gasteiger partial charge on any atom is 0.335 e. The first-order valence-electron chi connectivity index (χ1n) is 6.49. The average molecular weight is 296 g/mol. The van der Waals surface area contributed by atoms with Gasteiger partial charge in [0.2, 0.25) is 11.8 Å². The number of carboxylic acids is 1. The molecule has 0 saturated heterocycles. The van der Waals surface area contributed by atoms with Crippen molar-refractivity contribution < 1.29 is 19.1 Å². The molecule has 6 nitrogen and oxygen atoms in total. The van der Waals surface area contributed by atoms with Crippen molar-refractivity contribution in [3.63, 3.8) is 0 Å². The second-order valence-corrected chi connectivity index (χ2v) is 4.53. The quantitative estimate of drug-likeness (QED) is 0.796. The molecule has 1 heterocycles. The van der Waals surface area contributed by atoms with Gasteiger partial charge in [-0.1, -0.05) is 6.07 Å². The van der Waals surface area contributed by atoms with Crippen LogP contribution in [0.1, 0.15) is 10.4 Å². The van der Waals surface area contributed by atoms with E-state index < -0.39 is 5.97 Å². The van der Waals surface area contributed by atoms with Gasteiger partial charge in [-0.05, 0) is 42.5 Å². The van der Waals surface area contributed by atoms with Crippen LogP contribution in [-0.2, 0) is 0 Å². The van der Waals surface area contributed by atoms with Crippen LogP contribution in [0, 0.1) is 0 Å². The van der Waals surface area contributed by atoms with Crippen LogP contribution >= 0.6 is 0 Å². The largest absolute Gasteiger partial charge is 0.497 e. The van der Waals surface area contributed by atoms with E-state index in [1.807, 2.05) is 12.1 Å². The molecular weight excluding hydrogens is 284 g/mol. The fourth-order valence-electron chi connectivity index (χ4n) is 1.98. The number of carbonyl (C=O) groups is 1. The van der Waals surface area contributed by atoms with E-state index in [1.54, 1.807) is 31.4 Å². The molecule has 0 aliphatic heterocycles. The second-order valence-electron chi connectivity index (χ2n) is 4.53. The van der Waals surface area contributed by atoms with Gasteiger partial charge in [0.1, 0.15) is 5.75 Å². The molecule has 3 rings (SSSR count). The molecule has 0 spiro atoms. The molecule has 6 heteroatoms. The van der Waals surface area contributed by atoms with Gasteiger partial charge in [0.05, 0.1) is 12.7 Å². The molecule has 0 bridgehead atoms. The smallest absolute Gasteiger partial charge is 0.335 e. The highest BCUT2D eigenvalue weighted by atomic mass is 16.5. The van der Waals surface area contributed by atoms with Gasteiger partial charge in [-0.15, -0.1) is 10.2 Å². The third kappa shape index (κ3) is 2.67. The molecule has 0 radical (unpaired) electrons. The summed E-state index contributed by atoms with van der Waals surface area (Å²) in [6.45, 7) is 0. The zero-order valence-corrected chi connectivity index (χ0v) is 11.7. The number of rotatable bonds is 4. The highest BCUT2D eigenvalue weighted by Crippen LogP contribution is 2.25. The predicted octanol–water partition coefficient (Wildman–Crippen LogP) is 3.11. The van der Waals surface area contributed by atoms with E-state index in [1.165, 1.54) is 12.1 Å². The van der Waals surface area contributed by atoms with Crippen LogP contribution in [0.3, 0.4) is 0 Å². The summed E-state index contributed by atoms with van der Waals surface area (Å²) in [4.78, 5) is 11.0. The highest BCUT2D eigenvalue weighted by molar-refractivity contribution is 5.88. The minimum Gasteiger partial charge on any atom is -0.497 e. The molecule has 3 aromatic rings. The lowest BCUT2D eigenvalue weighted by molar-refractivity contribution is 0.0697. The van der Waals surface area contributed by atoms with Crippen molar-refractivity contribution in [2.24, 2.45) is 0 Å². The van der Waals surface area contributed by atoms with Crippen molar-refractivity contribution in [2.75, 3.05) is 7.11 Å². The van der Waals surface area contributed by atoms with E-state index in [0.717, 1.165) is 11.3 Å². The Morgan fingerprint density at radius 1 is 1.05 bits per heavy atom. The third-order valence-corrected chi connectivity index (χ3v) is 3.12. The topological polar surface area (TPSA) is 85.5 Å². The van der Waals surface area contributed by atoms with Gasteiger partial charge < -0.3 is 14.3 Å². The first kappa shape index (κ1) is 13.8. The van der Waals surface area contributed by atoms with Gasteiger partial charge in [-0.3, -0.25) is 0 Å². The van der Waals surface area contributed by atoms with Gasteiger partial charge in [0, 0.05) is 11.1 Å². The van der Waals surface area contributed by atoms with Crippen LogP contribution in [-0.4, -0.2) is 28.4 Å². The SMILES string of the molecule is COc1ccc(-c2nnc(-c3cccc(C(=O)O)c3)o2)cc1.